The van der Waals surface area contributed by atoms with Crippen molar-refractivity contribution < 1.29 is 13.2 Å². The second kappa shape index (κ2) is 9.75. The number of H-pyrrole nitrogens is 1. The van der Waals surface area contributed by atoms with Crippen molar-refractivity contribution in [1.29, 1.82) is 0 Å². The predicted molar refractivity (Wildman–Crippen MR) is 140 cm³/mol. The van der Waals surface area contributed by atoms with Gasteiger partial charge in [-0.15, -0.1) is 0 Å². The van der Waals surface area contributed by atoms with E-state index in [0.29, 0.717) is 23.7 Å². The van der Waals surface area contributed by atoms with Gasteiger partial charge in [0.05, 0.1) is 0 Å². The fraction of sp³-hybridized carbons (Fsp3) is 0.517. The highest BCUT2D eigenvalue weighted by atomic mass is 19.1. The molecule has 3 aliphatic heterocycles. The average molecular weight is 499 g/mol. The third-order valence-electron chi connectivity index (χ3n) is 7.89. The van der Waals surface area contributed by atoms with Gasteiger partial charge in [-0.1, -0.05) is 18.2 Å². The zero-order chi connectivity index (χ0) is 25.5. The average Bonchev–Trinajstić information content (AvgIpc) is 3.14. The van der Waals surface area contributed by atoms with Crippen LogP contribution in [0.1, 0.15) is 44.9 Å². The van der Waals surface area contributed by atoms with Gasteiger partial charge in [0.1, 0.15) is 17.3 Å². The molecule has 1 atom stereocenters. The lowest BCUT2D eigenvalue weighted by Gasteiger charge is -2.53. The molecule has 3 aromatic rings. The maximum absolute atomic E-state index is 13.9. The zero-order valence-electron chi connectivity index (χ0n) is 21.5. The summed E-state index contributed by atoms with van der Waals surface area (Å²) in [5, 5.41) is 4.67. The van der Waals surface area contributed by atoms with Crippen molar-refractivity contribution in [2.45, 2.75) is 58.3 Å². The Morgan fingerprint density at radius 2 is 1.69 bits per heavy atom. The van der Waals surface area contributed by atoms with E-state index in [0.717, 1.165) is 45.2 Å². The number of piperidine rings is 1. The van der Waals surface area contributed by atoms with Crippen LogP contribution >= 0.6 is 0 Å². The molecular weight excluding hydrogens is 461 g/mol. The van der Waals surface area contributed by atoms with Crippen molar-refractivity contribution in [3.63, 3.8) is 0 Å². The quantitative estimate of drug-likeness (QED) is 0.478. The maximum Gasteiger partial charge on any atom is 0.128 e. The van der Waals surface area contributed by atoms with E-state index in [1.807, 2.05) is 0 Å². The number of aromatic amines is 1. The van der Waals surface area contributed by atoms with Crippen molar-refractivity contribution in [2.24, 2.45) is 5.41 Å². The minimum absolute atomic E-state index is 0.383. The first-order chi connectivity index (χ1) is 17.1. The predicted octanol–water partition coefficient (Wildman–Crippen LogP) is 5.82. The number of nitrogens with one attached hydrogen (secondary N) is 2. The van der Waals surface area contributed by atoms with Gasteiger partial charge in [0, 0.05) is 66.0 Å². The number of aromatic nitrogens is 1. The molecule has 2 fully saturated rings. The van der Waals surface area contributed by atoms with E-state index >= 15 is 0 Å². The van der Waals surface area contributed by atoms with Crippen molar-refractivity contribution >= 4 is 16.6 Å². The topological polar surface area (TPSA) is 34.3 Å². The summed E-state index contributed by atoms with van der Waals surface area (Å²) in [6.45, 7) is 10.8. The van der Waals surface area contributed by atoms with Crippen LogP contribution in [0.3, 0.4) is 0 Å². The minimum Gasteiger partial charge on any atom is -0.370 e. The Labute approximate surface area is 211 Å². The van der Waals surface area contributed by atoms with E-state index in [-0.39, 0.29) is 0 Å². The fourth-order valence-corrected chi connectivity index (χ4v) is 6.04. The van der Waals surface area contributed by atoms with Gasteiger partial charge in [-0.25, -0.2) is 13.2 Å². The molecule has 0 saturated carbocycles. The van der Waals surface area contributed by atoms with E-state index < -0.39 is 17.3 Å². The zero-order valence-corrected chi connectivity index (χ0v) is 21.5. The largest absolute Gasteiger partial charge is 0.370 e. The van der Waals surface area contributed by atoms with E-state index in [9.17, 15) is 13.2 Å². The number of nitrogens with zero attached hydrogens (tertiary/aromatic N) is 2. The molecular formula is C29H37F3N4. The fourth-order valence-electron chi connectivity index (χ4n) is 6.04. The molecule has 0 radical (unpaired) electrons. The van der Waals surface area contributed by atoms with Gasteiger partial charge in [-0.05, 0) is 76.9 Å². The van der Waals surface area contributed by atoms with Gasteiger partial charge in [-0.3, -0.25) is 4.90 Å². The van der Waals surface area contributed by atoms with Gasteiger partial charge in [0.2, 0.25) is 0 Å². The number of hydrogen-bond donors (Lipinski definition) is 2. The highest BCUT2D eigenvalue weighted by molar-refractivity contribution is 5.84. The van der Waals surface area contributed by atoms with Gasteiger partial charge in [-0.2, -0.15) is 0 Å². The Kier molecular flexibility index (Phi) is 6.81. The first-order valence-corrected chi connectivity index (χ1v) is 13.0. The van der Waals surface area contributed by atoms with Crippen LogP contribution in [-0.2, 0) is 13.0 Å². The number of benzene rings is 2. The van der Waals surface area contributed by atoms with E-state index in [1.54, 1.807) is 13.8 Å². The number of hydrogen-bond acceptors (Lipinski definition) is 3. The van der Waals surface area contributed by atoms with Crippen LogP contribution in [0, 0.1) is 17.0 Å². The molecule has 6 rings (SSSR count). The van der Waals surface area contributed by atoms with E-state index in [4.69, 9.17) is 0 Å². The summed E-state index contributed by atoms with van der Waals surface area (Å²) in [4.78, 5) is 7.79. The van der Waals surface area contributed by atoms with Crippen LogP contribution in [0.25, 0.3) is 10.9 Å². The van der Waals surface area contributed by atoms with Crippen molar-refractivity contribution in [2.75, 3.05) is 37.6 Å². The molecule has 2 aromatic carbocycles. The smallest absolute Gasteiger partial charge is 0.128 e. The summed E-state index contributed by atoms with van der Waals surface area (Å²) in [7, 11) is 0. The first kappa shape index (κ1) is 25.2. The molecule has 7 heteroatoms. The normalized spacial score (nSPS) is 21.6. The standard InChI is InChI=1S/C16H21FN2.C13H16F2N2/c1-11-8-13-12-6-4-5-7-14(12)18-15(13)9-19(11)10-16(2,3)17;14-10-5-11(15)7-12(6-10)17-8-13(9-17)1-3-16-4-2-13/h4-7,11,18H,8-10H2,1-3H3;5-7,16H,1-4,8-9H2. The number of alkyl halides is 1. The highest BCUT2D eigenvalue weighted by Gasteiger charge is 2.43. The Balaban J connectivity index is 0.000000149. The summed E-state index contributed by atoms with van der Waals surface area (Å²) in [5.41, 5.74) is 3.78. The molecule has 0 bridgehead atoms. The van der Waals surface area contributed by atoms with Gasteiger partial charge < -0.3 is 15.2 Å². The lowest BCUT2D eigenvalue weighted by Crippen LogP contribution is -2.60. The molecule has 4 heterocycles. The van der Waals surface area contributed by atoms with E-state index in [2.05, 4.69) is 51.3 Å². The summed E-state index contributed by atoms with van der Waals surface area (Å²) in [5.74, 6) is -0.988. The molecule has 4 nitrogen and oxygen atoms in total. The van der Waals surface area contributed by atoms with Crippen molar-refractivity contribution in [3.05, 3.63) is 65.4 Å². The molecule has 2 saturated heterocycles. The number of halogens is 3. The Hall–Kier alpha value is -2.51. The van der Waals surface area contributed by atoms with Crippen molar-refractivity contribution in [3.8, 4) is 0 Å². The summed E-state index contributed by atoms with van der Waals surface area (Å²) >= 11 is 0. The third kappa shape index (κ3) is 5.42. The van der Waals surface area contributed by atoms with Crippen LogP contribution in [-0.4, -0.2) is 54.3 Å². The summed E-state index contributed by atoms with van der Waals surface area (Å²) < 4.78 is 40.1. The molecule has 0 aliphatic carbocycles. The SMILES string of the molecule is CC1Cc2c([nH]c3ccccc23)CN1CC(C)(C)F.Fc1cc(F)cc(N2CC3(CCNCC3)C2)c1. The van der Waals surface area contributed by atoms with Crippen LogP contribution in [0.2, 0.25) is 0 Å². The number of para-hydroxylation sites is 1. The van der Waals surface area contributed by atoms with Crippen LogP contribution in [0.5, 0.6) is 0 Å². The monoisotopic (exact) mass is 498 g/mol. The van der Waals surface area contributed by atoms with Crippen molar-refractivity contribution in [1.82, 2.24) is 15.2 Å². The van der Waals surface area contributed by atoms with Gasteiger partial charge in [0.15, 0.2) is 0 Å². The molecule has 1 aromatic heterocycles. The molecule has 194 valence electrons. The number of fused-ring (bicyclic) bond motifs is 3. The Morgan fingerprint density at radius 3 is 2.36 bits per heavy atom. The third-order valence-corrected chi connectivity index (χ3v) is 7.89. The summed E-state index contributed by atoms with van der Waals surface area (Å²) in [6, 6.07) is 12.6. The lowest BCUT2D eigenvalue weighted by molar-refractivity contribution is 0.0853. The second-order valence-electron chi connectivity index (χ2n) is 11.5. The second-order valence-corrected chi connectivity index (χ2v) is 11.5. The van der Waals surface area contributed by atoms with E-state index in [1.165, 1.54) is 47.1 Å². The Bertz CT molecular complexity index is 1180. The van der Waals surface area contributed by atoms with Gasteiger partial charge >= 0.3 is 0 Å². The van der Waals surface area contributed by atoms with Crippen LogP contribution in [0.4, 0.5) is 18.9 Å². The molecule has 36 heavy (non-hydrogen) atoms. The van der Waals surface area contributed by atoms with Crippen LogP contribution in [0.15, 0.2) is 42.5 Å². The molecule has 3 aliphatic rings. The number of rotatable bonds is 3. The summed E-state index contributed by atoms with van der Waals surface area (Å²) in [6.07, 6.45) is 3.33. The van der Waals surface area contributed by atoms with Crippen LogP contribution < -0.4 is 10.2 Å². The highest BCUT2D eigenvalue weighted by Crippen LogP contribution is 2.41. The molecule has 0 amide bonds. The minimum atomic E-state index is -1.14. The number of anilines is 1. The first-order valence-electron chi connectivity index (χ1n) is 13.0. The maximum atomic E-state index is 13.9. The Morgan fingerprint density at radius 1 is 1.03 bits per heavy atom. The van der Waals surface area contributed by atoms with Gasteiger partial charge in [0.25, 0.3) is 0 Å². The lowest BCUT2D eigenvalue weighted by atomic mass is 9.72. The molecule has 1 unspecified atom stereocenters. The molecule has 1 spiro atoms. The molecule has 2 N–H and O–H groups in total.